The number of ether oxygens (including phenoxy) is 1. The highest BCUT2D eigenvalue weighted by Crippen LogP contribution is 2.22. The van der Waals surface area contributed by atoms with Crippen molar-refractivity contribution in [3.05, 3.63) is 29.3 Å². The summed E-state index contributed by atoms with van der Waals surface area (Å²) in [5.41, 5.74) is 1.60. The zero-order valence-electron chi connectivity index (χ0n) is 16.8. The van der Waals surface area contributed by atoms with E-state index in [1.54, 1.807) is 19.2 Å². The Balaban J connectivity index is 1.86. The zero-order chi connectivity index (χ0) is 20.5. The van der Waals surface area contributed by atoms with E-state index in [1.807, 2.05) is 17.9 Å². The van der Waals surface area contributed by atoms with Crippen LogP contribution < -0.4 is 15.4 Å². The first-order chi connectivity index (χ1) is 13.4. The van der Waals surface area contributed by atoms with Crippen molar-refractivity contribution in [3.63, 3.8) is 0 Å². The van der Waals surface area contributed by atoms with Gasteiger partial charge in [0, 0.05) is 44.7 Å². The van der Waals surface area contributed by atoms with Crippen molar-refractivity contribution >= 4 is 11.9 Å². The molecule has 1 amide bonds. The van der Waals surface area contributed by atoms with E-state index in [0.29, 0.717) is 31.0 Å². The monoisotopic (exact) mass is 396 g/mol. The number of carbonyl (C=O) groups is 1. The van der Waals surface area contributed by atoms with Gasteiger partial charge in [-0.25, -0.2) is 0 Å². The van der Waals surface area contributed by atoms with Crippen molar-refractivity contribution in [1.82, 2.24) is 15.5 Å². The summed E-state index contributed by atoms with van der Waals surface area (Å²) >= 11 is 0. The third-order valence-corrected chi connectivity index (χ3v) is 4.89. The molecular formula is C20H30F2N4O2. The minimum absolute atomic E-state index is 0.155. The second-order valence-electron chi connectivity index (χ2n) is 6.88. The highest BCUT2D eigenvalue weighted by atomic mass is 19.3. The molecule has 1 atom stereocenters. The van der Waals surface area contributed by atoms with Gasteiger partial charge >= 0.3 is 6.61 Å². The zero-order valence-corrected chi connectivity index (χ0v) is 16.8. The molecule has 6 nitrogen and oxygen atoms in total. The smallest absolute Gasteiger partial charge is 0.387 e. The molecule has 1 aromatic carbocycles. The van der Waals surface area contributed by atoms with Crippen LogP contribution in [0, 0.1) is 6.92 Å². The van der Waals surface area contributed by atoms with Crippen molar-refractivity contribution in [1.29, 1.82) is 0 Å². The molecule has 1 heterocycles. The fourth-order valence-corrected chi connectivity index (χ4v) is 3.45. The first-order valence-electron chi connectivity index (χ1n) is 9.73. The lowest BCUT2D eigenvalue weighted by atomic mass is 10.1. The second-order valence-corrected chi connectivity index (χ2v) is 6.88. The summed E-state index contributed by atoms with van der Waals surface area (Å²) in [5.74, 6) is 0.967. The SMILES string of the molecule is CCC(CCNC(=NC)NCc1cc(C)ccc1OC(F)F)N1CCCC1=O. The summed E-state index contributed by atoms with van der Waals surface area (Å²) in [4.78, 5) is 18.1. The van der Waals surface area contributed by atoms with Gasteiger partial charge < -0.3 is 20.3 Å². The molecule has 0 spiro atoms. The molecule has 1 unspecified atom stereocenters. The van der Waals surface area contributed by atoms with Crippen molar-refractivity contribution in [2.75, 3.05) is 20.1 Å². The summed E-state index contributed by atoms with van der Waals surface area (Å²) in [6, 6.07) is 5.32. The average Bonchev–Trinajstić information content (AvgIpc) is 3.08. The Kier molecular flexibility index (Phi) is 8.47. The van der Waals surface area contributed by atoms with Crippen LogP contribution in [0.5, 0.6) is 5.75 Å². The van der Waals surface area contributed by atoms with Crippen molar-refractivity contribution in [3.8, 4) is 5.75 Å². The highest BCUT2D eigenvalue weighted by Gasteiger charge is 2.26. The minimum Gasteiger partial charge on any atom is -0.434 e. The molecule has 8 heteroatoms. The molecule has 1 aliphatic heterocycles. The van der Waals surface area contributed by atoms with E-state index in [9.17, 15) is 13.6 Å². The van der Waals surface area contributed by atoms with E-state index in [-0.39, 0.29) is 17.7 Å². The molecule has 2 N–H and O–H groups in total. The first kappa shape index (κ1) is 21.9. The summed E-state index contributed by atoms with van der Waals surface area (Å²) in [7, 11) is 1.66. The molecule has 0 aromatic heterocycles. The number of nitrogens with zero attached hydrogens (tertiary/aromatic N) is 2. The Morgan fingerprint density at radius 2 is 2.14 bits per heavy atom. The van der Waals surface area contributed by atoms with E-state index in [0.717, 1.165) is 31.4 Å². The van der Waals surface area contributed by atoms with Gasteiger partial charge in [0.05, 0.1) is 0 Å². The number of guanidine groups is 1. The average molecular weight is 396 g/mol. The van der Waals surface area contributed by atoms with Gasteiger partial charge in [0.25, 0.3) is 0 Å². The van der Waals surface area contributed by atoms with Crippen LogP contribution in [0.2, 0.25) is 0 Å². The van der Waals surface area contributed by atoms with Gasteiger partial charge in [-0.1, -0.05) is 24.6 Å². The Bertz CT molecular complexity index is 682. The van der Waals surface area contributed by atoms with E-state index >= 15 is 0 Å². The molecular weight excluding hydrogens is 366 g/mol. The van der Waals surface area contributed by atoms with E-state index < -0.39 is 6.61 Å². The molecule has 0 saturated carbocycles. The van der Waals surface area contributed by atoms with Gasteiger partial charge in [0.1, 0.15) is 5.75 Å². The van der Waals surface area contributed by atoms with E-state index in [1.165, 1.54) is 0 Å². The molecule has 156 valence electrons. The summed E-state index contributed by atoms with van der Waals surface area (Å²) < 4.78 is 29.8. The van der Waals surface area contributed by atoms with Crippen molar-refractivity contribution in [2.24, 2.45) is 4.99 Å². The molecule has 2 rings (SSSR count). The first-order valence-corrected chi connectivity index (χ1v) is 9.73. The Hall–Kier alpha value is -2.38. The topological polar surface area (TPSA) is 66.0 Å². The van der Waals surface area contributed by atoms with Crippen molar-refractivity contribution < 1.29 is 18.3 Å². The number of halogens is 2. The molecule has 1 aliphatic rings. The second kappa shape index (κ2) is 10.8. The number of carbonyl (C=O) groups excluding carboxylic acids is 1. The van der Waals surface area contributed by atoms with E-state index in [4.69, 9.17) is 0 Å². The van der Waals surface area contributed by atoms with Gasteiger partial charge in [0.2, 0.25) is 5.91 Å². The summed E-state index contributed by atoms with van der Waals surface area (Å²) in [5, 5.41) is 6.36. The van der Waals surface area contributed by atoms with Gasteiger partial charge in [0.15, 0.2) is 5.96 Å². The predicted octanol–water partition coefficient (Wildman–Crippen LogP) is 3.05. The highest BCUT2D eigenvalue weighted by molar-refractivity contribution is 5.80. The Labute approximate surface area is 165 Å². The number of aryl methyl sites for hydroxylation is 1. The van der Waals surface area contributed by atoms with Crippen LogP contribution >= 0.6 is 0 Å². The number of hydrogen-bond donors (Lipinski definition) is 2. The summed E-state index contributed by atoms with van der Waals surface area (Å²) in [6.07, 6.45) is 3.32. The van der Waals surface area contributed by atoms with Crippen LogP contribution in [0.4, 0.5) is 8.78 Å². The minimum atomic E-state index is -2.86. The summed E-state index contributed by atoms with van der Waals surface area (Å²) in [6.45, 7) is 2.93. The Morgan fingerprint density at radius 1 is 1.36 bits per heavy atom. The number of nitrogens with one attached hydrogen (secondary N) is 2. The third kappa shape index (κ3) is 6.35. The van der Waals surface area contributed by atoms with Crippen LogP contribution in [0.15, 0.2) is 23.2 Å². The maximum absolute atomic E-state index is 12.6. The number of likely N-dealkylation sites (tertiary alicyclic amines) is 1. The molecule has 0 bridgehead atoms. The lowest BCUT2D eigenvalue weighted by Crippen LogP contribution is -2.41. The van der Waals surface area contributed by atoms with Gasteiger partial charge in [-0.2, -0.15) is 8.78 Å². The maximum atomic E-state index is 12.6. The molecule has 1 saturated heterocycles. The fraction of sp³-hybridized carbons (Fsp3) is 0.600. The predicted molar refractivity (Wildman–Crippen MR) is 106 cm³/mol. The van der Waals surface area contributed by atoms with Crippen molar-refractivity contribution in [2.45, 2.75) is 58.7 Å². The fourth-order valence-electron chi connectivity index (χ4n) is 3.45. The third-order valence-electron chi connectivity index (χ3n) is 4.89. The van der Waals surface area contributed by atoms with Gasteiger partial charge in [-0.15, -0.1) is 0 Å². The quantitative estimate of drug-likeness (QED) is 0.497. The molecule has 0 aliphatic carbocycles. The molecule has 1 fully saturated rings. The lowest BCUT2D eigenvalue weighted by molar-refractivity contribution is -0.129. The standard InChI is InChI=1S/C20H30F2N4O2/c1-4-16(26-11-5-6-18(26)27)9-10-24-20(23-3)25-13-15-12-14(2)7-8-17(15)28-19(21)22/h7-8,12,16,19H,4-6,9-11,13H2,1-3H3,(H2,23,24,25). The number of aliphatic imine (C=N–C) groups is 1. The van der Waals surface area contributed by atoms with Crippen LogP contribution in [-0.4, -0.2) is 49.6 Å². The van der Waals surface area contributed by atoms with Crippen LogP contribution in [0.25, 0.3) is 0 Å². The molecule has 28 heavy (non-hydrogen) atoms. The number of rotatable bonds is 9. The number of benzene rings is 1. The normalized spacial score (nSPS) is 15.9. The maximum Gasteiger partial charge on any atom is 0.387 e. The molecule has 1 aromatic rings. The van der Waals surface area contributed by atoms with Crippen LogP contribution in [0.1, 0.15) is 43.7 Å². The Morgan fingerprint density at radius 3 is 2.75 bits per heavy atom. The lowest BCUT2D eigenvalue weighted by Gasteiger charge is -2.27. The number of alkyl halides is 2. The molecule has 0 radical (unpaired) electrons. The largest absolute Gasteiger partial charge is 0.434 e. The van der Waals surface area contributed by atoms with E-state index in [2.05, 4.69) is 27.3 Å². The van der Waals surface area contributed by atoms with Gasteiger partial charge in [-0.05, 0) is 32.3 Å². The van der Waals surface area contributed by atoms with Gasteiger partial charge in [-0.3, -0.25) is 9.79 Å². The van der Waals surface area contributed by atoms with Crippen LogP contribution in [0.3, 0.4) is 0 Å². The van der Waals surface area contributed by atoms with Crippen LogP contribution in [-0.2, 0) is 11.3 Å². The number of hydrogen-bond acceptors (Lipinski definition) is 3. The number of amides is 1.